The number of carbonyl (C=O) groups is 4. The third kappa shape index (κ3) is 10.3. The van der Waals surface area contributed by atoms with Gasteiger partial charge in [-0.2, -0.15) is 5.26 Å². The highest BCUT2D eigenvalue weighted by Crippen LogP contribution is 2.24. The van der Waals surface area contributed by atoms with Gasteiger partial charge in [0, 0.05) is 44.0 Å². The maximum absolute atomic E-state index is 12.7. The SMILES string of the molecule is COC(=O)C(=Cc1ccc(C#N)cc1OCCNC(=O)c1ccc(OC2CCN(C(=O)OC(C)(C)C)CC2)cc1)NC(C)=O. The number of methoxy groups -OCH3 is 1. The fourth-order valence-electron chi connectivity index (χ4n) is 4.24. The van der Waals surface area contributed by atoms with Crippen LogP contribution in [0.5, 0.6) is 11.5 Å². The summed E-state index contributed by atoms with van der Waals surface area (Å²) in [5.74, 6) is -0.605. The van der Waals surface area contributed by atoms with Crippen LogP contribution in [-0.4, -0.2) is 73.8 Å². The zero-order chi connectivity index (χ0) is 32.3. The molecule has 0 spiro atoms. The molecule has 1 aliphatic heterocycles. The van der Waals surface area contributed by atoms with Crippen LogP contribution in [0.25, 0.3) is 6.08 Å². The van der Waals surface area contributed by atoms with E-state index in [1.807, 2.05) is 26.8 Å². The van der Waals surface area contributed by atoms with Gasteiger partial charge in [-0.25, -0.2) is 9.59 Å². The summed E-state index contributed by atoms with van der Waals surface area (Å²) in [5.41, 5.74) is 0.558. The maximum Gasteiger partial charge on any atom is 0.410 e. The Hall–Kier alpha value is -5.05. The number of ether oxygens (including phenoxy) is 4. The van der Waals surface area contributed by atoms with Crippen molar-refractivity contribution in [1.29, 1.82) is 5.26 Å². The molecule has 2 aromatic rings. The van der Waals surface area contributed by atoms with E-state index in [-0.39, 0.29) is 42.7 Å². The van der Waals surface area contributed by atoms with Crippen LogP contribution in [0.1, 0.15) is 62.0 Å². The van der Waals surface area contributed by atoms with Crippen LogP contribution in [0.4, 0.5) is 4.79 Å². The van der Waals surface area contributed by atoms with Crippen LogP contribution in [0, 0.1) is 11.3 Å². The van der Waals surface area contributed by atoms with E-state index in [2.05, 4.69) is 10.6 Å². The molecule has 1 heterocycles. The monoisotopic (exact) mass is 606 g/mol. The number of amides is 3. The number of carbonyl (C=O) groups excluding carboxylic acids is 4. The predicted octanol–water partition coefficient (Wildman–Crippen LogP) is 3.80. The van der Waals surface area contributed by atoms with Gasteiger partial charge in [-0.05, 0) is 69.3 Å². The first-order valence-corrected chi connectivity index (χ1v) is 14.2. The molecule has 1 fully saturated rings. The summed E-state index contributed by atoms with van der Waals surface area (Å²) < 4.78 is 22.0. The first kappa shape index (κ1) is 33.5. The molecule has 0 bridgehead atoms. The van der Waals surface area contributed by atoms with Crippen molar-refractivity contribution in [3.8, 4) is 17.6 Å². The smallest absolute Gasteiger partial charge is 0.410 e. The summed E-state index contributed by atoms with van der Waals surface area (Å²) in [6.45, 7) is 8.09. The second-order valence-corrected chi connectivity index (χ2v) is 11.0. The number of likely N-dealkylation sites (tertiary alicyclic amines) is 1. The molecule has 0 unspecified atom stereocenters. The van der Waals surface area contributed by atoms with E-state index >= 15 is 0 Å². The van der Waals surface area contributed by atoms with Gasteiger partial charge in [-0.15, -0.1) is 0 Å². The van der Waals surface area contributed by atoms with Gasteiger partial charge in [0.1, 0.15) is 35.5 Å². The standard InChI is InChI=1S/C32H38N4O8/c1-21(37)35-27(30(39)41-5)19-24-7-6-22(20-33)18-28(24)42-17-14-34-29(38)23-8-10-25(11-9-23)43-26-12-15-36(16-13-26)31(40)44-32(2,3)4/h6-11,18-19,26H,12-17H2,1-5H3,(H,34,38)(H,35,37). The van der Waals surface area contributed by atoms with E-state index in [4.69, 9.17) is 18.9 Å². The van der Waals surface area contributed by atoms with Gasteiger partial charge < -0.3 is 34.5 Å². The van der Waals surface area contributed by atoms with Gasteiger partial charge in [0.2, 0.25) is 5.91 Å². The number of benzene rings is 2. The van der Waals surface area contributed by atoms with Crippen molar-refractivity contribution in [2.45, 2.75) is 52.2 Å². The molecule has 0 atom stereocenters. The Bertz CT molecular complexity index is 1420. The molecule has 1 aliphatic rings. The lowest BCUT2D eigenvalue weighted by Crippen LogP contribution is -2.44. The lowest BCUT2D eigenvalue weighted by Gasteiger charge is -2.33. The van der Waals surface area contributed by atoms with E-state index in [1.165, 1.54) is 26.2 Å². The number of rotatable bonds is 10. The molecule has 12 nitrogen and oxygen atoms in total. The minimum absolute atomic E-state index is 0.0493. The molecule has 234 valence electrons. The van der Waals surface area contributed by atoms with E-state index in [1.54, 1.807) is 41.3 Å². The molecule has 44 heavy (non-hydrogen) atoms. The number of piperidine rings is 1. The number of esters is 1. The number of nitriles is 1. The van der Waals surface area contributed by atoms with Crippen LogP contribution in [0.15, 0.2) is 48.2 Å². The Morgan fingerprint density at radius 3 is 2.34 bits per heavy atom. The van der Waals surface area contributed by atoms with E-state index in [9.17, 15) is 24.4 Å². The normalized spacial score (nSPS) is 13.7. The molecule has 2 aromatic carbocycles. The fraction of sp³-hybridized carbons (Fsp3) is 0.406. The van der Waals surface area contributed by atoms with Gasteiger partial charge in [0.25, 0.3) is 5.91 Å². The van der Waals surface area contributed by atoms with Crippen molar-refractivity contribution < 1.29 is 38.1 Å². The van der Waals surface area contributed by atoms with Gasteiger partial charge in [-0.3, -0.25) is 9.59 Å². The second-order valence-electron chi connectivity index (χ2n) is 11.0. The largest absolute Gasteiger partial charge is 0.491 e. The number of hydrogen-bond acceptors (Lipinski definition) is 9. The second kappa shape index (κ2) is 15.4. The van der Waals surface area contributed by atoms with Crippen LogP contribution < -0.4 is 20.1 Å². The molecule has 0 aromatic heterocycles. The number of nitrogens with zero attached hydrogens (tertiary/aromatic N) is 2. The molecule has 3 amide bonds. The van der Waals surface area contributed by atoms with Gasteiger partial charge in [0.15, 0.2) is 0 Å². The zero-order valence-corrected chi connectivity index (χ0v) is 25.6. The Balaban J connectivity index is 1.51. The lowest BCUT2D eigenvalue weighted by molar-refractivity contribution is -0.137. The first-order valence-electron chi connectivity index (χ1n) is 14.2. The average Bonchev–Trinajstić information content (AvgIpc) is 2.98. The zero-order valence-electron chi connectivity index (χ0n) is 25.6. The minimum atomic E-state index is -0.747. The minimum Gasteiger partial charge on any atom is -0.491 e. The summed E-state index contributed by atoms with van der Waals surface area (Å²) in [7, 11) is 1.19. The molecular weight excluding hydrogens is 568 g/mol. The summed E-state index contributed by atoms with van der Waals surface area (Å²) in [6.07, 6.45) is 2.36. The molecule has 12 heteroatoms. The Kier molecular flexibility index (Phi) is 11.7. The predicted molar refractivity (Wildman–Crippen MR) is 161 cm³/mol. The van der Waals surface area contributed by atoms with E-state index in [0.717, 1.165) is 0 Å². The fourth-order valence-corrected chi connectivity index (χ4v) is 4.24. The van der Waals surface area contributed by atoms with Crippen LogP contribution >= 0.6 is 0 Å². The Morgan fingerprint density at radius 1 is 1.07 bits per heavy atom. The molecule has 0 saturated carbocycles. The highest BCUT2D eigenvalue weighted by molar-refractivity contribution is 5.98. The first-order chi connectivity index (χ1) is 20.9. The molecule has 0 aliphatic carbocycles. The van der Waals surface area contributed by atoms with Crippen molar-refractivity contribution >= 4 is 30.0 Å². The Labute approximate surface area is 256 Å². The number of nitrogens with one attached hydrogen (secondary N) is 2. The topological polar surface area (TPSA) is 156 Å². The Morgan fingerprint density at radius 2 is 1.75 bits per heavy atom. The van der Waals surface area contributed by atoms with Crippen LogP contribution in [0.3, 0.4) is 0 Å². The average molecular weight is 607 g/mol. The molecule has 3 rings (SSSR count). The third-order valence-corrected chi connectivity index (χ3v) is 6.32. The van der Waals surface area contributed by atoms with Crippen molar-refractivity contribution in [2.24, 2.45) is 0 Å². The van der Waals surface area contributed by atoms with Crippen molar-refractivity contribution in [2.75, 3.05) is 33.4 Å². The summed E-state index contributed by atoms with van der Waals surface area (Å²) in [5, 5.41) is 14.5. The summed E-state index contributed by atoms with van der Waals surface area (Å²) in [6, 6.07) is 13.4. The summed E-state index contributed by atoms with van der Waals surface area (Å²) in [4.78, 5) is 50.2. The highest BCUT2D eigenvalue weighted by Gasteiger charge is 2.27. The quantitative estimate of drug-likeness (QED) is 0.233. The van der Waals surface area contributed by atoms with Crippen molar-refractivity contribution in [3.05, 3.63) is 64.9 Å². The van der Waals surface area contributed by atoms with Gasteiger partial charge in [0.05, 0.1) is 25.3 Å². The van der Waals surface area contributed by atoms with E-state index in [0.29, 0.717) is 48.4 Å². The van der Waals surface area contributed by atoms with Crippen molar-refractivity contribution in [1.82, 2.24) is 15.5 Å². The number of hydrogen-bond donors (Lipinski definition) is 2. The maximum atomic E-state index is 12.7. The van der Waals surface area contributed by atoms with Gasteiger partial charge >= 0.3 is 12.1 Å². The molecule has 0 radical (unpaired) electrons. The van der Waals surface area contributed by atoms with E-state index < -0.39 is 17.5 Å². The van der Waals surface area contributed by atoms with Crippen LogP contribution in [0.2, 0.25) is 0 Å². The molecular formula is C32H38N4O8. The van der Waals surface area contributed by atoms with Gasteiger partial charge in [-0.1, -0.05) is 0 Å². The molecule has 2 N–H and O–H groups in total. The third-order valence-electron chi connectivity index (χ3n) is 6.32. The molecule has 1 saturated heterocycles. The van der Waals surface area contributed by atoms with Crippen molar-refractivity contribution in [3.63, 3.8) is 0 Å². The van der Waals surface area contributed by atoms with Crippen LogP contribution in [-0.2, 0) is 19.1 Å². The highest BCUT2D eigenvalue weighted by atomic mass is 16.6. The summed E-state index contributed by atoms with van der Waals surface area (Å²) >= 11 is 0. The lowest BCUT2D eigenvalue weighted by atomic mass is 10.1.